The van der Waals surface area contributed by atoms with E-state index in [9.17, 15) is 33.6 Å². The normalized spacial score (nSPS) is 32.3. The van der Waals surface area contributed by atoms with Gasteiger partial charge in [-0.15, -0.1) is 0 Å². The SMILES string of the molecule is COC(=O)[C@]1(O[C@@H]2[C@H]3OC(C)(C)O[C@H]3[C@H](OC)O[C@H]2C)C[C@H](OC(C)=O)[C@@H](N(C(C)=O)C(C)=O)[C@H]([C@H](OC(C)=O)[C@@H](COC(C)=O)OC(C)=O)O1. The number of fused-ring (bicyclic) bond motifs is 1. The smallest absolute Gasteiger partial charge is 0.366 e. The molecule has 0 spiro atoms. The standard InChI is InChI=1S/C32H47NO18/c1-14-24(27-28(29(41-10)44-14)49-31(8,9)48-27)50-32(30(40)42-11)12-21(45-18(5)37)23(33(15(2)34)16(3)35)26(51-32)25(47-20(7)39)22(46-19(6)38)13-43-17(4)36/h14,21-29H,12-13H2,1-11H3/t14-,21-,22+,23+,24-,25+,26+,27+,28+,29+,32-/m0/s1. The summed E-state index contributed by atoms with van der Waals surface area (Å²) in [6.07, 6.45) is -12.6. The van der Waals surface area contributed by atoms with Gasteiger partial charge in [0.25, 0.3) is 5.79 Å². The molecule has 0 aliphatic carbocycles. The van der Waals surface area contributed by atoms with Gasteiger partial charge in [-0.3, -0.25) is 33.7 Å². The minimum atomic E-state index is -2.60. The van der Waals surface area contributed by atoms with E-state index in [1.807, 2.05) is 0 Å². The number of methoxy groups -OCH3 is 2. The van der Waals surface area contributed by atoms with Crippen molar-refractivity contribution in [2.24, 2.45) is 0 Å². The van der Waals surface area contributed by atoms with E-state index in [-0.39, 0.29) is 0 Å². The highest BCUT2D eigenvalue weighted by Gasteiger charge is 2.64. The molecule has 3 heterocycles. The molecule has 3 fully saturated rings. The second-order valence-electron chi connectivity index (χ2n) is 12.7. The molecule has 11 atom stereocenters. The molecule has 51 heavy (non-hydrogen) atoms. The maximum Gasteiger partial charge on any atom is 0.366 e. The van der Waals surface area contributed by atoms with Crippen LogP contribution in [0.15, 0.2) is 0 Å². The van der Waals surface area contributed by atoms with Gasteiger partial charge < -0.3 is 52.1 Å². The first-order valence-electron chi connectivity index (χ1n) is 16.1. The van der Waals surface area contributed by atoms with E-state index in [0.717, 1.165) is 48.7 Å². The summed E-state index contributed by atoms with van der Waals surface area (Å²) in [5.41, 5.74) is 0. The molecule has 2 amide bonds. The molecule has 0 unspecified atom stereocenters. The Hall–Kier alpha value is -3.75. The summed E-state index contributed by atoms with van der Waals surface area (Å²) in [6, 6.07) is -1.67. The van der Waals surface area contributed by atoms with E-state index in [0.29, 0.717) is 4.90 Å². The average molecular weight is 734 g/mol. The van der Waals surface area contributed by atoms with Crippen LogP contribution in [0.25, 0.3) is 0 Å². The molecule has 0 radical (unpaired) electrons. The van der Waals surface area contributed by atoms with Crippen molar-refractivity contribution in [1.29, 1.82) is 0 Å². The van der Waals surface area contributed by atoms with Crippen LogP contribution in [0.4, 0.5) is 0 Å². The largest absolute Gasteiger partial charge is 0.465 e. The fourth-order valence-corrected chi connectivity index (χ4v) is 6.53. The molecular formula is C32H47NO18. The predicted octanol–water partition coefficient (Wildman–Crippen LogP) is 0.0629. The van der Waals surface area contributed by atoms with Gasteiger partial charge in [0.15, 0.2) is 24.3 Å². The maximum atomic E-state index is 14.0. The summed E-state index contributed by atoms with van der Waals surface area (Å²) in [6.45, 7) is 10.4. The Morgan fingerprint density at radius 3 is 1.88 bits per heavy atom. The van der Waals surface area contributed by atoms with Gasteiger partial charge in [-0.1, -0.05) is 0 Å². The highest BCUT2D eigenvalue weighted by Crippen LogP contribution is 2.44. The van der Waals surface area contributed by atoms with Crippen molar-refractivity contribution >= 4 is 41.7 Å². The van der Waals surface area contributed by atoms with Crippen LogP contribution in [-0.4, -0.2) is 140 Å². The van der Waals surface area contributed by atoms with Crippen LogP contribution >= 0.6 is 0 Å². The predicted molar refractivity (Wildman–Crippen MR) is 165 cm³/mol. The molecular weight excluding hydrogens is 686 g/mol. The van der Waals surface area contributed by atoms with Gasteiger partial charge in [0, 0.05) is 48.7 Å². The highest BCUT2D eigenvalue weighted by molar-refractivity contribution is 5.93. The van der Waals surface area contributed by atoms with Gasteiger partial charge in [0.05, 0.1) is 19.6 Å². The van der Waals surface area contributed by atoms with Gasteiger partial charge in [0.2, 0.25) is 11.8 Å². The number of hydrogen-bond donors (Lipinski definition) is 0. The number of carbonyl (C=O) groups excluding carboxylic acids is 7. The molecule has 288 valence electrons. The number of esters is 5. The number of hydrogen-bond acceptors (Lipinski definition) is 18. The Morgan fingerprint density at radius 1 is 0.804 bits per heavy atom. The minimum Gasteiger partial charge on any atom is -0.465 e. The van der Waals surface area contributed by atoms with Crippen LogP contribution in [0.3, 0.4) is 0 Å². The molecule has 3 rings (SSSR count). The lowest BCUT2D eigenvalue weighted by molar-refractivity contribution is -0.359. The zero-order chi connectivity index (χ0) is 38.6. The highest BCUT2D eigenvalue weighted by atomic mass is 16.8. The van der Waals surface area contributed by atoms with Crippen molar-refractivity contribution < 1.29 is 85.7 Å². The van der Waals surface area contributed by atoms with Crippen LogP contribution in [0.2, 0.25) is 0 Å². The summed E-state index contributed by atoms with van der Waals surface area (Å²) in [5, 5.41) is 0. The fraction of sp³-hybridized carbons (Fsp3) is 0.781. The molecule has 19 nitrogen and oxygen atoms in total. The molecule has 3 saturated heterocycles. The van der Waals surface area contributed by atoms with Crippen LogP contribution in [0.1, 0.15) is 68.7 Å². The second-order valence-corrected chi connectivity index (χ2v) is 12.7. The lowest BCUT2D eigenvalue weighted by Gasteiger charge is -2.52. The number of amides is 2. The molecule has 3 aliphatic rings. The van der Waals surface area contributed by atoms with Crippen LogP contribution in [0, 0.1) is 0 Å². The van der Waals surface area contributed by atoms with Crippen molar-refractivity contribution in [3.63, 3.8) is 0 Å². The minimum absolute atomic E-state index is 0.675. The lowest BCUT2D eigenvalue weighted by Crippen LogP contribution is -2.71. The van der Waals surface area contributed by atoms with Crippen molar-refractivity contribution in [2.45, 2.75) is 141 Å². The zero-order valence-electron chi connectivity index (χ0n) is 30.5. The summed E-state index contributed by atoms with van der Waals surface area (Å²) in [7, 11) is 2.42. The van der Waals surface area contributed by atoms with Crippen molar-refractivity contribution in [1.82, 2.24) is 4.90 Å². The van der Waals surface area contributed by atoms with E-state index >= 15 is 0 Å². The van der Waals surface area contributed by atoms with Crippen molar-refractivity contribution in [3.05, 3.63) is 0 Å². The van der Waals surface area contributed by atoms with Gasteiger partial charge in [0.1, 0.15) is 43.2 Å². The first kappa shape index (κ1) is 41.7. The molecule has 3 aliphatic heterocycles. The van der Waals surface area contributed by atoms with Gasteiger partial charge in [-0.05, 0) is 20.8 Å². The number of nitrogens with zero attached hydrogens (tertiary/aromatic N) is 1. The molecule has 0 saturated carbocycles. The van der Waals surface area contributed by atoms with E-state index in [1.165, 1.54) is 7.11 Å². The first-order chi connectivity index (χ1) is 23.7. The summed E-state index contributed by atoms with van der Waals surface area (Å²) >= 11 is 0. The third-order valence-corrected chi connectivity index (χ3v) is 8.19. The number of rotatable bonds is 12. The Balaban J connectivity index is 2.32. The third kappa shape index (κ3) is 9.78. The Kier molecular flexibility index (Phi) is 13.7. The summed E-state index contributed by atoms with van der Waals surface area (Å²) in [5.74, 6) is -10.3. The van der Waals surface area contributed by atoms with Gasteiger partial charge in [-0.2, -0.15) is 0 Å². The summed E-state index contributed by atoms with van der Waals surface area (Å²) < 4.78 is 63.5. The van der Waals surface area contributed by atoms with Crippen LogP contribution in [-0.2, 0) is 85.7 Å². The van der Waals surface area contributed by atoms with Crippen LogP contribution < -0.4 is 0 Å². The topological polar surface area (TPSA) is 224 Å². The lowest BCUT2D eigenvalue weighted by atomic mass is 9.86. The van der Waals surface area contributed by atoms with Gasteiger partial charge >= 0.3 is 29.8 Å². The Bertz CT molecular complexity index is 1340. The van der Waals surface area contributed by atoms with E-state index < -0.39 is 127 Å². The van der Waals surface area contributed by atoms with E-state index in [1.54, 1.807) is 20.8 Å². The second kappa shape index (κ2) is 16.7. The van der Waals surface area contributed by atoms with Crippen molar-refractivity contribution in [3.8, 4) is 0 Å². The molecule has 0 aromatic rings. The van der Waals surface area contributed by atoms with E-state index in [2.05, 4.69) is 0 Å². The van der Waals surface area contributed by atoms with Crippen LogP contribution in [0.5, 0.6) is 0 Å². The monoisotopic (exact) mass is 733 g/mol. The van der Waals surface area contributed by atoms with Crippen molar-refractivity contribution in [2.75, 3.05) is 20.8 Å². The van der Waals surface area contributed by atoms with E-state index in [4.69, 9.17) is 52.1 Å². The Labute approximate surface area is 294 Å². The third-order valence-electron chi connectivity index (χ3n) is 8.19. The molecule has 0 N–H and O–H groups in total. The number of carbonyl (C=O) groups is 7. The molecule has 0 aromatic carbocycles. The quantitative estimate of drug-likeness (QED) is 0.191. The zero-order valence-corrected chi connectivity index (χ0v) is 30.5. The number of imide groups is 1. The summed E-state index contributed by atoms with van der Waals surface area (Å²) in [4.78, 5) is 90.3. The maximum absolute atomic E-state index is 14.0. The molecule has 0 aromatic heterocycles. The average Bonchev–Trinajstić information content (AvgIpc) is 3.34. The molecule has 19 heteroatoms. The Morgan fingerprint density at radius 2 is 1.39 bits per heavy atom. The number of ether oxygens (including phenoxy) is 11. The first-order valence-corrected chi connectivity index (χ1v) is 16.1. The fourth-order valence-electron chi connectivity index (χ4n) is 6.53. The molecule has 0 bridgehead atoms. The van der Waals surface area contributed by atoms with Gasteiger partial charge in [-0.25, -0.2) is 4.79 Å².